The van der Waals surface area contributed by atoms with Crippen LogP contribution in [-0.2, 0) is 18.3 Å². The van der Waals surface area contributed by atoms with E-state index in [9.17, 15) is 0 Å². The number of nitrogens with zero attached hydrogens (tertiary/aromatic N) is 5. The number of ether oxygens (including phenoxy) is 1. The highest BCUT2D eigenvalue weighted by Gasteiger charge is 2.22. The summed E-state index contributed by atoms with van der Waals surface area (Å²) >= 11 is 0. The Morgan fingerprint density at radius 3 is 2.71 bits per heavy atom. The Morgan fingerprint density at radius 1 is 1.39 bits per heavy atom. The zero-order valence-corrected chi connectivity index (χ0v) is 20.9. The topological polar surface area (TPSA) is 57.9 Å². The molecule has 28 heavy (non-hydrogen) atoms. The van der Waals surface area contributed by atoms with Gasteiger partial charge in [-0.2, -0.15) is 5.10 Å². The maximum absolute atomic E-state index is 5.95. The highest BCUT2D eigenvalue weighted by Crippen LogP contribution is 2.18. The second kappa shape index (κ2) is 12.0. The molecule has 1 aliphatic heterocycles. The van der Waals surface area contributed by atoms with E-state index in [0.717, 1.165) is 51.0 Å². The first-order valence-corrected chi connectivity index (χ1v) is 10.1. The minimum absolute atomic E-state index is 0. The normalized spacial score (nSPS) is 18.5. The number of hydrogen-bond donors (Lipinski definition) is 1. The van der Waals surface area contributed by atoms with E-state index in [-0.39, 0.29) is 30.1 Å². The lowest BCUT2D eigenvalue weighted by Gasteiger charge is -2.34. The average molecular weight is 506 g/mol. The van der Waals surface area contributed by atoms with Crippen LogP contribution in [-0.4, -0.2) is 78.5 Å². The molecule has 1 saturated heterocycles. The number of rotatable bonds is 7. The van der Waals surface area contributed by atoms with E-state index in [1.807, 2.05) is 18.8 Å². The molecule has 2 rings (SSSR count). The van der Waals surface area contributed by atoms with E-state index in [1.165, 1.54) is 5.56 Å². The van der Waals surface area contributed by atoms with Crippen LogP contribution in [0.5, 0.6) is 0 Å². The minimum atomic E-state index is 0. The molecule has 2 heterocycles. The second-order valence-corrected chi connectivity index (χ2v) is 8.30. The lowest BCUT2D eigenvalue weighted by atomic mass is 10.1. The van der Waals surface area contributed by atoms with Gasteiger partial charge in [-0.25, -0.2) is 0 Å². The van der Waals surface area contributed by atoms with Crippen molar-refractivity contribution in [2.45, 2.75) is 46.3 Å². The van der Waals surface area contributed by atoms with Crippen LogP contribution >= 0.6 is 24.0 Å². The SMILES string of the molecule is CN=C(NCC1CN(CC(C)C)CCO1)N(C)Cc1cn(C)nc1C(C)C.I. The lowest BCUT2D eigenvalue weighted by Crippen LogP contribution is -2.50. The van der Waals surface area contributed by atoms with Gasteiger partial charge in [0.05, 0.1) is 18.4 Å². The van der Waals surface area contributed by atoms with Crippen LogP contribution < -0.4 is 5.32 Å². The Balaban J connectivity index is 0.00000392. The molecule has 1 fully saturated rings. The van der Waals surface area contributed by atoms with Gasteiger partial charge in [0.15, 0.2) is 5.96 Å². The molecule has 0 amide bonds. The van der Waals surface area contributed by atoms with Crippen molar-refractivity contribution in [3.63, 3.8) is 0 Å². The summed E-state index contributed by atoms with van der Waals surface area (Å²) < 4.78 is 7.84. The van der Waals surface area contributed by atoms with E-state index in [2.05, 4.69) is 66.1 Å². The summed E-state index contributed by atoms with van der Waals surface area (Å²) in [5, 5.41) is 8.09. The zero-order chi connectivity index (χ0) is 20.0. The third-order valence-electron chi connectivity index (χ3n) is 4.80. The number of nitrogens with one attached hydrogen (secondary N) is 1. The Kier molecular flexibility index (Phi) is 10.8. The summed E-state index contributed by atoms with van der Waals surface area (Å²) in [6.45, 7) is 14.4. The standard InChI is InChI=1S/C20H38N6O.HI/c1-15(2)11-26-8-9-27-18(14-26)10-22-20(21-5)24(6)12-17-13-25(7)23-19(17)16(3)4;/h13,15-16,18H,8-12,14H2,1-7H3,(H,21,22);1H. The third-order valence-corrected chi connectivity index (χ3v) is 4.80. The summed E-state index contributed by atoms with van der Waals surface area (Å²) in [7, 11) is 5.88. The van der Waals surface area contributed by atoms with Crippen LogP contribution in [0, 0.1) is 5.92 Å². The van der Waals surface area contributed by atoms with Gasteiger partial charge in [0.25, 0.3) is 0 Å². The van der Waals surface area contributed by atoms with Crippen LogP contribution in [0.1, 0.15) is 44.9 Å². The van der Waals surface area contributed by atoms with E-state index in [1.54, 1.807) is 0 Å². The fourth-order valence-electron chi connectivity index (χ4n) is 3.67. The highest BCUT2D eigenvalue weighted by atomic mass is 127. The average Bonchev–Trinajstić information content (AvgIpc) is 2.95. The Labute approximate surface area is 187 Å². The van der Waals surface area contributed by atoms with Crippen LogP contribution in [0.4, 0.5) is 0 Å². The van der Waals surface area contributed by atoms with Crippen molar-refractivity contribution in [1.82, 2.24) is 24.9 Å². The molecule has 1 aliphatic rings. The van der Waals surface area contributed by atoms with Crippen LogP contribution in [0.2, 0.25) is 0 Å². The maximum Gasteiger partial charge on any atom is 0.193 e. The predicted molar refractivity (Wildman–Crippen MR) is 127 cm³/mol. The molecule has 1 unspecified atom stereocenters. The number of guanidine groups is 1. The first kappa shape index (κ1) is 25.2. The van der Waals surface area contributed by atoms with Gasteiger partial charge in [0.1, 0.15) is 0 Å². The molecule has 0 radical (unpaired) electrons. The summed E-state index contributed by atoms with van der Waals surface area (Å²) in [6, 6.07) is 0. The van der Waals surface area contributed by atoms with Crippen LogP contribution in [0.3, 0.4) is 0 Å². The molecule has 0 aromatic carbocycles. The molecule has 162 valence electrons. The second-order valence-electron chi connectivity index (χ2n) is 8.30. The van der Waals surface area contributed by atoms with Gasteiger partial charge >= 0.3 is 0 Å². The predicted octanol–water partition coefficient (Wildman–Crippen LogP) is 2.53. The molecule has 1 N–H and O–H groups in total. The quantitative estimate of drug-likeness (QED) is 0.350. The van der Waals surface area contributed by atoms with Gasteiger partial charge in [-0.1, -0.05) is 27.7 Å². The Bertz CT molecular complexity index is 616. The van der Waals surface area contributed by atoms with Crippen molar-refractivity contribution in [3.8, 4) is 0 Å². The van der Waals surface area contributed by atoms with Crippen molar-refractivity contribution in [1.29, 1.82) is 0 Å². The number of morpholine rings is 1. The minimum Gasteiger partial charge on any atom is -0.374 e. The largest absolute Gasteiger partial charge is 0.374 e. The Hall–Kier alpha value is -0.870. The highest BCUT2D eigenvalue weighted by molar-refractivity contribution is 14.0. The molecule has 0 saturated carbocycles. The van der Waals surface area contributed by atoms with Gasteiger partial charge in [-0.15, -0.1) is 24.0 Å². The fraction of sp³-hybridized carbons (Fsp3) is 0.800. The van der Waals surface area contributed by atoms with Crippen molar-refractivity contribution >= 4 is 29.9 Å². The monoisotopic (exact) mass is 506 g/mol. The summed E-state index contributed by atoms with van der Waals surface area (Å²) in [5.41, 5.74) is 2.40. The first-order valence-electron chi connectivity index (χ1n) is 10.1. The lowest BCUT2D eigenvalue weighted by molar-refractivity contribution is -0.0286. The van der Waals surface area contributed by atoms with E-state index in [4.69, 9.17) is 4.74 Å². The molecule has 0 spiro atoms. The van der Waals surface area contributed by atoms with Crippen molar-refractivity contribution in [2.75, 3.05) is 46.9 Å². The van der Waals surface area contributed by atoms with Crippen molar-refractivity contribution < 1.29 is 4.74 Å². The first-order chi connectivity index (χ1) is 12.8. The molecule has 1 aromatic heterocycles. The smallest absolute Gasteiger partial charge is 0.193 e. The fourth-order valence-corrected chi connectivity index (χ4v) is 3.67. The van der Waals surface area contributed by atoms with Gasteiger partial charge in [0, 0.05) is 65.6 Å². The third kappa shape index (κ3) is 7.51. The summed E-state index contributed by atoms with van der Waals surface area (Å²) in [5.74, 6) is 1.98. The van der Waals surface area contributed by atoms with E-state index < -0.39 is 0 Å². The summed E-state index contributed by atoms with van der Waals surface area (Å²) in [4.78, 5) is 9.10. The van der Waals surface area contributed by atoms with Crippen LogP contribution in [0.25, 0.3) is 0 Å². The molecule has 1 aromatic rings. The molecular weight excluding hydrogens is 467 g/mol. The summed E-state index contributed by atoms with van der Waals surface area (Å²) in [6.07, 6.45) is 2.31. The number of halogens is 1. The Morgan fingerprint density at radius 2 is 2.11 bits per heavy atom. The number of hydrogen-bond acceptors (Lipinski definition) is 4. The van der Waals surface area contributed by atoms with Gasteiger partial charge < -0.3 is 15.0 Å². The van der Waals surface area contributed by atoms with Crippen molar-refractivity contribution in [2.24, 2.45) is 18.0 Å². The number of aliphatic imine (C=N–C) groups is 1. The molecule has 0 bridgehead atoms. The maximum atomic E-state index is 5.95. The van der Waals surface area contributed by atoms with Crippen LogP contribution in [0.15, 0.2) is 11.2 Å². The molecular formula is C20H39IN6O. The molecule has 1 atom stereocenters. The van der Waals surface area contributed by atoms with Gasteiger partial charge in [0.2, 0.25) is 0 Å². The zero-order valence-electron chi connectivity index (χ0n) is 18.6. The number of aromatic nitrogens is 2. The molecule has 8 heteroatoms. The van der Waals surface area contributed by atoms with E-state index >= 15 is 0 Å². The number of aryl methyl sites for hydroxylation is 1. The van der Waals surface area contributed by atoms with E-state index in [0.29, 0.717) is 11.8 Å². The van der Waals surface area contributed by atoms with Gasteiger partial charge in [-0.3, -0.25) is 14.6 Å². The molecule has 7 nitrogen and oxygen atoms in total. The van der Waals surface area contributed by atoms with Gasteiger partial charge in [-0.05, 0) is 11.8 Å². The molecule has 0 aliphatic carbocycles. The van der Waals surface area contributed by atoms with Crippen molar-refractivity contribution in [3.05, 3.63) is 17.5 Å².